The minimum Gasteiger partial charge on any atom is -0.369 e. The van der Waals surface area contributed by atoms with Crippen LogP contribution in [0.15, 0.2) is 0 Å². The van der Waals surface area contributed by atoms with Gasteiger partial charge in [0, 0.05) is 19.6 Å². The Hall–Kier alpha value is -1.31. The molecule has 0 aliphatic carbocycles. The lowest BCUT2D eigenvalue weighted by Gasteiger charge is -2.33. The summed E-state index contributed by atoms with van der Waals surface area (Å²) in [6.45, 7) is 0.559. The van der Waals surface area contributed by atoms with E-state index in [9.17, 15) is 22.8 Å². The number of piperidine rings is 1. The molecule has 0 radical (unpaired) electrons. The molecule has 1 saturated heterocycles. The molecule has 1 rings (SSSR count). The number of rotatable bonds is 4. The van der Waals surface area contributed by atoms with Crippen LogP contribution in [0.2, 0.25) is 0 Å². The molecule has 18 heavy (non-hydrogen) atoms. The first-order valence-corrected chi connectivity index (χ1v) is 5.66. The van der Waals surface area contributed by atoms with Gasteiger partial charge < -0.3 is 16.0 Å². The third kappa shape index (κ3) is 4.52. The Balaban J connectivity index is 2.41. The number of nitrogens with zero attached hydrogens (tertiary/aromatic N) is 1. The highest BCUT2D eigenvalue weighted by molar-refractivity contribution is 5.81. The normalized spacial score (nSPS) is 20.8. The molecule has 5 nitrogen and oxygen atoms in total. The molecule has 1 aliphatic heterocycles. The first-order valence-electron chi connectivity index (χ1n) is 5.66. The van der Waals surface area contributed by atoms with Crippen molar-refractivity contribution in [1.82, 2.24) is 10.2 Å². The molecule has 0 spiro atoms. The molecule has 0 bridgehead atoms. The lowest BCUT2D eigenvalue weighted by Crippen LogP contribution is -2.48. The SMILES string of the molecule is NC(=O)CNCC1CCCN(C(=O)C(F)(F)F)C1. The molecule has 0 aromatic carbocycles. The van der Waals surface area contributed by atoms with Crippen molar-refractivity contribution in [2.24, 2.45) is 11.7 Å². The number of likely N-dealkylation sites (tertiary alicyclic amines) is 1. The van der Waals surface area contributed by atoms with Crippen LogP contribution < -0.4 is 11.1 Å². The predicted molar refractivity (Wildman–Crippen MR) is 57.4 cm³/mol. The van der Waals surface area contributed by atoms with Crippen LogP contribution in [0.1, 0.15) is 12.8 Å². The van der Waals surface area contributed by atoms with Gasteiger partial charge in [0.05, 0.1) is 6.54 Å². The van der Waals surface area contributed by atoms with Gasteiger partial charge in [-0.3, -0.25) is 9.59 Å². The number of carbonyl (C=O) groups is 2. The van der Waals surface area contributed by atoms with E-state index in [1.54, 1.807) is 0 Å². The lowest BCUT2D eigenvalue weighted by atomic mass is 9.98. The van der Waals surface area contributed by atoms with Gasteiger partial charge in [0.1, 0.15) is 0 Å². The van der Waals surface area contributed by atoms with E-state index in [1.165, 1.54) is 0 Å². The van der Waals surface area contributed by atoms with Gasteiger partial charge in [-0.05, 0) is 18.8 Å². The zero-order chi connectivity index (χ0) is 13.8. The van der Waals surface area contributed by atoms with Gasteiger partial charge in [0.2, 0.25) is 5.91 Å². The molecule has 2 amide bonds. The van der Waals surface area contributed by atoms with Crippen molar-refractivity contribution in [1.29, 1.82) is 0 Å². The Kier molecular flexibility index (Phi) is 4.94. The fourth-order valence-corrected chi connectivity index (χ4v) is 1.99. The van der Waals surface area contributed by atoms with Crippen LogP contribution in [0.5, 0.6) is 0 Å². The highest BCUT2D eigenvalue weighted by atomic mass is 19.4. The number of primary amides is 1. The van der Waals surface area contributed by atoms with E-state index in [0.717, 1.165) is 11.3 Å². The van der Waals surface area contributed by atoms with Crippen LogP contribution in [0.25, 0.3) is 0 Å². The second kappa shape index (κ2) is 6.03. The Morgan fingerprint density at radius 2 is 2.06 bits per heavy atom. The van der Waals surface area contributed by atoms with E-state index >= 15 is 0 Å². The van der Waals surface area contributed by atoms with Gasteiger partial charge in [0.15, 0.2) is 0 Å². The molecule has 104 valence electrons. The number of alkyl halides is 3. The zero-order valence-electron chi connectivity index (χ0n) is 9.79. The van der Waals surface area contributed by atoms with Crippen LogP contribution in [-0.2, 0) is 9.59 Å². The van der Waals surface area contributed by atoms with E-state index in [4.69, 9.17) is 5.73 Å². The van der Waals surface area contributed by atoms with Gasteiger partial charge >= 0.3 is 12.1 Å². The summed E-state index contributed by atoms with van der Waals surface area (Å²) in [4.78, 5) is 22.4. The van der Waals surface area contributed by atoms with Crippen LogP contribution >= 0.6 is 0 Å². The summed E-state index contributed by atoms with van der Waals surface area (Å²) in [5, 5.41) is 2.76. The standard InChI is InChI=1S/C10H16F3N3O2/c11-10(12,13)9(18)16-3-1-2-7(6-16)4-15-5-8(14)17/h7,15H,1-6H2,(H2,14,17). The number of nitrogens with one attached hydrogen (secondary N) is 1. The minimum atomic E-state index is -4.82. The van der Waals surface area contributed by atoms with Crippen LogP contribution in [-0.4, -0.2) is 49.1 Å². The molecule has 0 aromatic heterocycles. The van der Waals surface area contributed by atoms with Gasteiger partial charge in [-0.15, -0.1) is 0 Å². The maximum absolute atomic E-state index is 12.3. The highest BCUT2D eigenvalue weighted by Crippen LogP contribution is 2.23. The molecule has 0 aromatic rings. The smallest absolute Gasteiger partial charge is 0.369 e. The number of amides is 2. The number of halogens is 3. The number of nitrogens with two attached hydrogens (primary N) is 1. The van der Waals surface area contributed by atoms with Crippen molar-refractivity contribution in [3.8, 4) is 0 Å². The molecule has 8 heteroatoms. The monoisotopic (exact) mass is 267 g/mol. The molecule has 0 saturated carbocycles. The summed E-state index contributed by atoms with van der Waals surface area (Å²) in [7, 11) is 0. The Morgan fingerprint density at radius 1 is 1.39 bits per heavy atom. The van der Waals surface area contributed by atoms with E-state index in [2.05, 4.69) is 5.32 Å². The average molecular weight is 267 g/mol. The molecule has 3 N–H and O–H groups in total. The molecular formula is C10H16F3N3O2. The first-order chi connectivity index (χ1) is 8.30. The third-order valence-electron chi connectivity index (χ3n) is 2.78. The van der Waals surface area contributed by atoms with Gasteiger partial charge in [0.25, 0.3) is 0 Å². The summed E-state index contributed by atoms with van der Waals surface area (Å²) in [6.07, 6.45) is -3.55. The molecule has 1 aliphatic rings. The summed E-state index contributed by atoms with van der Waals surface area (Å²) >= 11 is 0. The van der Waals surface area contributed by atoms with Crippen LogP contribution in [0, 0.1) is 5.92 Å². The van der Waals surface area contributed by atoms with Gasteiger partial charge in [-0.1, -0.05) is 0 Å². The minimum absolute atomic E-state index is 0.0102. The summed E-state index contributed by atoms with van der Waals surface area (Å²) in [5.74, 6) is -2.39. The molecule has 1 fully saturated rings. The largest absolute Gasteiger partial charge is 0.471 e. The van der Waals surface area contributed by atoms with E-state index in [-0.39, 0.29) is 25.6 Å². The van der Waals surface area contributed by atoms with Crippen molar-refractivity contribution in [2.45, 2.75) is 19.0 Å². The third-order valence-corrected chi connectivity index (χ3v) is 2.78. The molecular weight excluding hydrogens is 251 g/mol. The molecule has 1 heterocycles. The average Bonchev–Trinajstić information content (AvgIpc) is 2.26. The van der Waals surface area contributed by atoms with Crippen molar-refractivity contribution in [3.63, 3.8) is 0 Å². The second-order valence-corrected chi connectivity index (χ2v) is 4.35. The van der Waals surface area contributed by atoms with Gasteiger partial charge in [-0.2, -0.15) is 13.2 Å². The quantitative estimate of drug-likeness (QED) is 0.744. The van der Waals surface area contributed by atoms with Crippen LogP contribution in [0.3, 0.4) is 0 Å². The second-order valence-electron chi connectivity index (χ2n) is 4.35. The fraction of sp³-hybridized carbons (Fsp3) is 0.800. The van der Waals surface area contributed by atoms with Crippen molar-refractivity contribution < 1.29 is 22.8 Å². The topological polar surface area (TPSA) is 75.4 Å². The number of hydrogen-bond acceptors (Lipinski definition) is 3. The fourth-order valence-electron chi connectivity index (χ4n) is 1.99. The van der Waals surface area contributed by atoms with E-state index in [1.807, 2.05) is 0 Å². The summed E-state index contributed by atoms with van der Waals surface area (Å²) in [5.41, 5.74) is 4.93. The van der Waals surface area contributed by atoms with E-state index in [0.29, 0.717) is 13.0 Å². The highest BCUT2D eigenvalue weighted by Gasteiger charge is 2.43. The zero-order valence-corrected chi connectivity index (χ0v) is 9.79. The Labute approximate surface area is 102 Å². The number of hydrogen-bond donors (Lipinski definition) is 2. The molecule has 1 atom stereocenters. The first kappa shape index (κ1) is 14.7. The van der Waals surface area contributed by atoms with Crippen LogP contribution in [0.4, 0.5) is 13.2 Å². The maximum atomic E-state index is 12.3. The van der Waals surface area contributed by atoms with Crippen molar-refractivity contribution in [2.75, 3.05) is 26.2 Å². The Morgan fingerprint density at radius 3 is 2.61 bits per heavy atom. The van der Waals surface area contributed by atoms with Gasteiger partial charge in [-0.25, -0.2) is 0 Å². The van der Waals surface area contributed by atoms with Crippen molar-refractivity contribution >= 4 is 11.8 Å². The summed E-state index contributed by atoms with van der Waals surface area (Å²) in [6, 6.07) is 0. The summed E-state index contributed by atoms with van der Waals surface area (Å²) < 4.78 is 36.8. The number of carbonyl (C=O) groups excluding carboxylic acids is 2. The maximum Gasteiger partial charge on any atom is 0.471 e. The van der Waals surface area contributed by atoms with E-state index < -0.39 is 18.0 Å². The predicted octanol–water partition coefficient (Wildman–Crippen LogP) is -0.138. The van der Waals surface area contributed by atoms with Crippen molar-refractivity contribution in [3.05, 3.63) is 0 Å². The Bertz CT molecular complexity index is 320. The molecule has 1 unspecified atom stereocenters. The lowest BCUT2D eigenvalue weighted by molar-refractivity contribution is -0.187.